The van der Waals surface area contributed by atoms with Crippen molar-refractivity contribution in [3.05, 3.63) is 65.4 Å². The summed E-state index contributed by atoms with van der Waals surface area (Å²) in [5.41, 5.74) is 2.89. The van der Waals surface area contributed by atoms with Crippen LogP contribution in [0, 0.1) is 13.8 Å². The molecule has 0 amide bonds. The van der Waals surface area contributed by atoms with Crippen LogP contribution in [0.25, 0.3) is 16.5 Å². The molecule has 1 heterocycles. The lowest BCUT2D eigenvalue weighted by Gasteiger charge is -2.15. The number of azo groups is 1. The van der Waals surface area contributed by atoms with E-state index < -0.39 is 26.2 Å². The number of phenolic OH excluding ortho intramolecular Hbond substituents is 1. The molecule has 0 aliphatic carbocycles. The molecule has 182 valence electrons. The highest BCUT2D eigenvalue weighted by atomic mass is 32.2. The Kier molecular flexibility index (Phi) is 5.90. The number of aryl methyl sites for hydroxylation is 2. The number of fused-ring (bicyclic) bond motifs is 1. The molecule has 0 spiro atoms. The van der Waals surface area contributed by atoms with Gasteiger partial charge in [-0.1, -0.05) is 51.1 Å². The van der Waals surface area contributed by atoms with E-state index in [0.29, 0.717) is 11.4 Å². The van der Waals surface area contributed by atoms with Gasteiger partial charge in [-0.25, -0.2) is 0 Å². The minimum atomic E-state index is -4.59. The highest BCUT2D eigenvalue weighted by molar-refractivity contribution is 7.86. The zero-order chi connectivity index (χ0) is 25.7. The Hall–Kier alpha value is -3.76. The highest BCUT2D eigenvalue weighted by Crippen LogP contribution is 2.43. The minimum absolute atomic E-state index is 0.00816. The van der Waals surface area contributed by atoms with Gasteiger partial charge in [-0.15, -0.1) is 10.2 Å². The number of hydrogen-bond acceptors (Lipinski definition) is 7. The highest BCUT2D eigenvalue weighted by Gasteiger charge is 2.28. The van der Waals surface area contributed by atoms with Gasteiger partial charge in [-0.3, -0.25) is 4.55 Å². The van der Waals surface area contributed by atoms with Crippen molar-refractivity contribution in [3.8, 4) is 17.3 Å². The third-order valence-corrected chi connectivity index (χ3v) is 6.66. The molecule has 0 saturated heterocycles. The van der Waals surface area contributed by atoms with Crippen LogP contribution in [0.3, 0.4) is 0 Å². The summed E-state index contributed by atoms with van der Waals surface area (Å²) in [5.74, 6) is -0.710. The lowest BCUT2D eigenvalue weighted by molar-refractivity contribution is 0.434. The Morgan fingerprint density at radius 2 is 1.51 bits per heavy atom. The van der Waals surface area contributed by atoms with E-state index in [1.165, 1.54) is 10.7 Å². The first-order chi connectivity index (χ1) is 16.3. The predicted molar refractivity (Wildman–Crippen MR) is 133 cm³/mol. The van der Waals surface area contributed by atoms with Crippen molar-refractivity contribution in [1.29, 1.82) is 0 Å². The molecule has 35 heavy (non-hydrogen) atoms. The first kappa shape index (κ1) is 24.4. The average molecular weight is 495 g/mol. The second-order valence-corrected chi connectivity index (χ2v) is 10.8. The van der Waals surface area contributed by atoms with E-state index in [2.05, 4.69) is 15.3 Å². The molecule has 3 N–H and O–H groups in total. The van der Waals surface area contributed by atoms with Crippen LogP contribution < -0.4 is 0 Å². The summed E-state index contributed by atoms with van der Waals surface area (Å²) in [6, 6.07) is 12.9. The fraction of sp³-hybridized carbons (Fsp3) is 0.240. The molecule has 0 atom stereocenters. The van der Waals surface area contributed by atoms with E-state index in [0.717, 1.165) is 17.2 Å². The summed E-state index contributed by atoms with van der Waals surface area (Å²) >= 11 is 0. The molecule has 1 aromatic heterocycles. The Bertz CT molecular complexity index is 1600. The van der Waals surface area contributed by atoms with Crippen LogP contribution in [0.1, 0.15) is 37.6 Å². The molecule has 0 bridgehead atoms. The van der Waals surface area contributed by atoms with E-state index in [1.807, 2.05) is 52.8 Å². The summed E-state index contributed by atoms with van der Waals surface area (Å²) in [4.78, 5) is -0.440. The number of aromatic hydroxyl groups is 2. The largest absolute Gasteiger partial charge is 0.506 e. The SMILES string of the molecule is Cc1ccc(-n2nc(C(C)(C)C)c(N=Nc3c(O)cc(S(=O)(=O)O)c4ccccc34)c2O)cc1C. The van der Waals surface area contributed by atoms with E-state index in [1.54, 1.807) is 18.2 Å². The number of nitrogens with zero attached hydrogens (tertiary/aromatic N) is 4. The van der Waals surface area contributed by atoms with Crippen LogP contribution in [0.15, 0.2) is 63.7 Å². The van der Waals surface area contributed by atoms with Crippen LogP contribution >= 0.6 is 0 Å². The number of aromatic nitrogens is 2. The summed E-state index contributed by atoms with van der Waals surface area (Å²) < 4.78 is 34.6. The molecule has 0 unspecified atom stereocenters. The van der Waals surface area contributed by atoms with Gasteiger partial charge in [0.15, 0.2) is 5.69 Å². The van der Waals surface area contributed by atoms with Crippen molar-refractivity contribution in [2.24, 2.45) is 10.2 Å². The van der Waals surface area contributed by atoms with Crippen LogP contribution in [0.5, 0.6) is 11.6 Å². The summed E-state index contributed by atoms with van der Waals surface area (Å²) in [6.07, 6.45) is 0. The molecule has 4 aromatic rings. The molecule has 0 radical (unpaired) electrons. The molecular formula is C25H26N4O5S. The van der Waals surface area contributed by atoms with Crippen molar-refractivity contribution in [3.63, 3.8) is 0 Å². The molecule has 10 heteroatoms. The van der Waals surface area contributed by atoms with Gasteiger partial charge >= 0.3 is 0 Å². The number of benzene rings is 3. The van der Waals surface area contributed by atoms with Crippen LogP contribution in [0.2, 0.25) is 0 Å². The molecule has 0 saturated carbocycles. The smallest absolute Gasteiger partial charge is 0.295 e. The monoisotopic (exact) mass is 494 g/mol. The van der Waals surface area contributed by atoms with Gasteiger partial charge in [-0.2, -0.15) is 18.2 Å². The fourth-order valence-corrected chi connectivity index (χ4v) is 4.48. The van der Waals surface area contributed by atoms with Gasteiger partial charge in [0, 0.05) is 22.3 Å². The zero-order valence-corrected chi connectivity index (χ0v) is 20.8. The number of rotatable bonds is 4. The van der Waals surface area contributed by atoms with Crippen LogP contribution in [-0.4, -0.2) is 33.0 Å². The third-order valence-electron chi connectivity index (χ3n) is 5.77. The Morgan fingerprint density at radius 3 is 2.11 bits per heavy atom. The predicted octanol–water partition coefficient (Wildman–Crippen LogP) is 6.01. The van der Waals surface area contributed by atoms with Gasteiger partial charge < -0.3 is 10.2 Å². The van der Waals surface area contributed by atoms with Crippen LogP contribution in [0.4, 0.5) is 11.4 Å². The van der Waals surface area contributed by atoms with Crippen molar-refractivity contribution in [1.82, 2.24) is 9.78 Å². The van der Waals surface area contributed by atoms with Crippen molar-refractivity contribution < 1.29 is 23.2 Å². The van der Waals surface area contributed by atoms with Gasteiger partial charge in [0.1, 0.15) is 16.3 Å². The van der Waals surface area contributed by atoms with Crippen LogP contribution in [-0.2, 0) is 15.5 Å². The molecule has 4 rings (SSSR count). The zero-order valence-electron chi connectivity index (χ0n) is 20.0. The maximum Gasteiger partial charge on any atom is 0.295 e. The summed E-state index contributed by atoms with van der Waals surface area (Å²) in [5, 5.41) is 35.1. The Labute approximate surface area is 203 Å². The van der Waals surface area contributed by atoms with E-state index >= 15 is 0 Å². The van der Waals surface area contributed by atoms with Gasteiger partial charge in [0.25, 0.3) is 10.1 Å². The Morgan fingerprint density at radius 1 is 0.886 bits per heavy atom. The van der Waals surface area contributed by atoms with Gasteiger partial charge in [-0.05, 0) is 37.1 Å². The van der Waals surface area contributed by atoms with Crippen molar-refractivity contribution in [2.75, 3.05) is 0 Å². The number of hydrogen-bond donors (Lipinski definition) is 3. The second-order valence-electron chi connectivity index (χ2n) is 9.41. The lowest BCUT2D eigenvalue weighted by Crippen LogP contribution is -2.13. The average Bonchev–Trinajstić information content (AvgIpc) is 3.10. The molecule has 0 aliphatic rings. The topological polar surface area (TPSA) is 137 Å². The number of phenols is 1. The second kappa shape index (κ2) is 8.47. The van der Waals surface area contributed by atoms with Crippen molar-refractivity contribution >= 4 is 32.3 Å². The first-order valence-corrected chi connectivity index (χ1v) is 12.3. The van der Waals surface area contributed by atoms with E-state index in [4.69, 9.17) is 0 Å². The standard InChI is InChI=1S/C25H26N4O5S/c1-14-10-11-16(12-15(14)2)29-24(31)22(23(28-29)25(3,4)5)27-26-21-18-9-7-6-8-17(18)20(13-19(21)30)35(32,33)34/h6-13,30-31H,1-5H3,(H,32,33,34). The molecular weight excluding hydrogens is 468 g/mol. The molecule has 9 nitrogen and oxygen atoms in total. The summed E-state index contributed by atoms with van der Waals surface area (Å²) in [6.45, 7) is 9.73. The van der Waals surface area contributed by atoms with Gasteiger partial charge in [0.2, 0.25) is 5.88 Å². The van der Waals surface area contributed by atoms with Crippen molar-refractivity contribution in [2.45, 2.75) is 44.9 Å². The molecule has 0 fully saturated rings. The first-order valence-electron chi connectivity index (χ1n) is 10.8. The maximum atomic E-state index is 11.8. The lowest BCUT2D eigenvalue weighted by atomic mass is 9.91. The van der Waals surface area contributed by atoms with E-state index in [-0.39, 0.29) is 28.0 Å². The molecule has 0 aliphatic heterocycles. The quantitative estimate of drug-likeness (QED) is 0.234. The maximum absolute atomic E-state index is 11.8. The minimum Gasteiger partial charge on any atom is -0.506 e. The Balaban J connectivity index is 1.92. The third kappa shape index (κ3) is 4.50. The molecule has 3 aromatic carbocycles. The summed E-state index contributed by atoms with van der Waals surface area (Å²) in [7, 11) is -4.59. The normalized spacial score (nSPS) is 12.6. The van der Waals surface area contributed by atoms with Gasteiger partial charge in [0.05, 0.1) is 11.4 Å². The van der Waals surface area contributed by atoms with E-state index in [9.17, 15) is 23.2 Å². The fourth-order valence-electron chi connectivity index (χ4n) is 3.77.